The molecular weight excluding hydrogens is 336 g/mol. The third-order valence-corrected chi connectivity index (χ3v) is 9.41. The molecule has 0 aromatic heterocycles. The highest BCUT2D eigenvalue weighted by Crippen LogP contribution is 2.68. The zero-order chi connectivity index (χ0) is 19.4. The molecule has 0 radical (unpaired) electrons. The van der Waals surface area contributed by atoms with Gasteiger partial charge in [-0.2, -0.15) is 0 Å². The van der Waals surface area contributed by atoms with E-state index in [0.29, 0.717) is 11.8 Å². The van der Waals surface area contributed by atoms with Crippen molar-refractivity contribution in [2.24, 2.45) is 50.7 Å². The van der Waals surface area contributed by atoms with Crippen LogP contribution in [-0.4, -0.2) is 21.8 Å². The SMILES string of the molecule is CC[C@@H]1C[C@H]2[C@H]3CCC4=C/C(=N\O)CC[C@]4(C)[C@@H]3CC[C@]2(C)[C@H]1/C(C)=N/O. The highest BCUT2D eigenvalue weighted by molar-refractivity contribution is 5.96. The summed E-state index contributed by atoms with van der Waals surface area (Å²) in [5.74, 6) is 3.36. The molecule has 3 saturated carbocycles. The van der Waals surface area contributed by atoms with Gasteiger partial charge in [0.1, 0.15) is 0 Å². The van der Waals surface area contributed by atoms with E-state index in [1.165, 1.54) is 37.7 Å². The van der Waals surface area contributed by atoms with E-state index in [1.807, 2.05) is 6.92 Å². The van der Waals surface area contributed by atoms with Crippen LogP contribution in [0.5, 0.6) is 0 Å². The third-order valence-electron chi connectivity index (χ3n) is 9.41. The Morgan fingerprint density at radius 2 is 1.93 bits per heavy atom. The fourth-order valence-electron chi connectivity index (χ4n) is 8.11. The van der Waals surface area contributed by atoms with Crippen LogP contribution < -0.4 is 0 Å². The van der Waals surface area contributed by atoms with Gasteiger partial charge in [0.2, 0.25) is 0 Å². The van der Waals surface area contributed by atoms with Crippen LogP contribution in [0.4, 0.5) is 0 Å². The fraction of sp³-hybridized carbons (Fsp3) is 0.826. The van der Waals surface area contributed by atoms with Crippen molar-refractivity contribution in [2.45, 2.75) is 79.1 Å². The van der Waals surface area contributed by atoms with Crippen LogP contribution in [0.1, 0.15) is 79.1 Å². The van der Waals surface area contributed by atoms with Crippen LogP contribution in [0.2, 0.25) is 0 Å². The smallest absolute Gasteiger partial charge is 0.0795 e. The lowest BCUT2D eigenvalue weighted by molar-refractivity contribution is -0.0412. The predicted octanol–water partition coefficient (Wildman–Crippen LogP) is 5.88. The van der Waals surface area contributed by atoms with E-state index in [-0.39, 0.29) is 10.8 Å². The molecule has 0 spiro atoms. The summed E-state index contributed by atoms with van der Waals surface area (Å²) >= 11 is 0. The highest BCUT2D eigenvalue weighted by Gasteiger charge is 2.61. The van der Waals surface area contributed by atoms with Crippen LogP contribution in [0.15, 0.2) is 22.0 Å². The average Bonchev–Trinajstić information content (AvgIpc) is 2.99. The van der Waals surface area contributed by atoms with Crippen molar-refractivity contribution in [2.75, 3.05) is 0 Å². The van der Waals surface area contributed by atoms with E-state index in [2.05, 4.69) is 37.2 Å². The van der Waals surface area contributed by atoms with E-state index in [0.717, 1.165) is 48.4 Å². The summed E-state index contributed by atoms with van der Waals surface area (Å²) in [5.41, 5.74) is 3.90. The van der Waals surface area contributed by atoms with Gasteiger partial charge >= 0.3 is 0 Å². The summed E-state index contributed by atoms with van der Waals surface area (Å²) in [4.78, 5) is 0. The molecule has 4 heteroatoms. The summed E-state index contributed by atoms with van der Waals surface area (Å²) in [6.07, 6.45) is 11.6. The van der Waals surface area contributed by atoms with Gasteiger partial charge in [0.15, 0.2) is 0 Å². The predicted molar refractivity (Wildman–Crippen MR) is 108 cm³/mol. The molecule has 150 valence electrons. The number of hydrogen-bond acceptors (Lipinski definition) is 4. The van der Waals surface area contributed by atoms with Gasteiger partial charge in [0.25, 0.3) is 0 Å². The Hall–Kier alpha value is -1.32. The summed E-state index contributed by atoms with van der Waals surface area (Å²) in [5, 5.41) is 25.9. The van der Waals surface area contributed by atoms with E-state index < -0.39 is 0 Å². The van der Waals surface area contributed by atoms with Crippen molar-refractivity contribution in [3.63, 3.8) is 0 Å². The van der Waals surface area contributed by atoms with E-state index in [1.54, 1.807) is 0 Å². The Labute approximate surface area is 163 Å². The Morgan fingerprint density at radius 1 is 1.15 bits per heavy atom. The molecule has 4 aliphatic rings. The number of rotatable bonds is 2. The monoisotopic (exact) mass is 372 g/mol. The Morgan fingerprint density at radius 3 is 2.59 bits per heavy atom. The van der Waals surface area contributed by atoms with Crippen LogP contribution in [0, 0.1) is 40.4 Å². The first-order chi connectivity index (χ1) is 12.9. The summed E-state index contributed by atoms with van der Waals surface area (Å²) in [7, 11) is 0. The molecule has 4 aliphatic carbocycles. The van der Waals surface area contributed by atoms with Crippen molar-refractivity contribution in [3.8, 4) is 0 Å². The molecule has 7 atom stereocenters. The molecule has 0 amide bonds. The largest absolute Gasteiger partial charge is 0.411 e. The quantitative estimate of drug-likeness (QED) is 0.361. The molecule has 4 nitrogen and oxygen atoms in total. The average molecular weight is 373 g/mol. The van der Waals surface area contributed by atoms with Gasteiger partial charge in [0, 0.05) is 5.92 Å². The minimum absolute atomic E-state index is 0.276. The molecule has 2 N–H and O–H groups in total. The maximum absolute atomic E-state index is 9.54. The molecule has 0 aromatic rings. The van der Waals surface area contributed by atoms with Crippen molar-refractivity contribution in [1.82, 2.24) is 0 Å². The lowest BCUT2D eigenvalue weighted by atomic mass is 9.46. The molecule has 0 bridgehead atoms. The Kier molecular flexibility index (Phi) is 4.67. The van der Waals surface area contributed by atoms with Gasteiger partial charge in [-0.15, -0.1) is 0 Å². The summed E-state index contributed by atoms with van der Waals surface area (Å²) < 4.78 is 0. The Balaban J connectivity index is 1.68. The second kappa shape index (κ2) is 6.63. The van der Waals surface area contributed by atoms with Crippen molar-refractivity contribution < 1.29 is 10.4 Å². The van der Waals surface area contributed by atoms with Gasteiger partial charge < -0.3 is 10.4 Å². The molecule has 27 heavy (non-hydrogen) atoms. The number of nitrogens with zero attached hydrogens (tertiary/aromatic N) is 2. The zero-order valence-electron chi connectivity index (χ0n) is 17.4. The third kappa shape index (κ3) is 2.61. The van der Waals surface area contributed by atoms with E-state index in [4.69, 9.17) is 0 Å². The lowest BCUT2D eigenvalue weighted by Gasteiger charge is -2.58. The summed E-state index contributed by atoms with van der Waals surface area (Å²) in [6.45, 7) is 9.32. The minimum Gasteiger partial charge on any atom is -0.411 e. The van der Waals surface area contributed by atoms with Gasteiger partial charge in [-0.05, 0) is 92.4 Å². The first kappa shape index (κ1) is 19.0. The normalized spacial score (nSPS) is 48.6. The van der Waals surface area contributed by atoms with Gasteiger partial charge in [-0.25, -0.2) is 0 Å². The van der Waals surface area contributed by atoms with E-state index >= 15 is 0 Å². The van der Waals surface area contributed by atoms with Crippen molar-refractivity contribution in [1.29, 1.82) is 0 Å². The summed E-state index contributed by atoms with van der Waals surface area (Å²) in [6, 6.07) is 0. The number of allylic oxidation sites excluding steroid dienone is 2. The van der Waals surface area contributed by atoms with Crippen LogP contribution in [-0.2, 0) is 0 Å². The fourth-order valence-corrected chi connectivity index (χ4v) is 8.11. The van der Waals surface area contributed by atoms with Gasteiger partial charge in [0.05, 0.1) is 11.4 Å². The number of hydrogen-bond donors (Lipinski definition) is 2. The number of oxime groups is 2. The van der Waals surface area contributed by atoms with Crippen LogP contribution in [0.3, 0.4) is 0 Å². The Bertz CT molecular complexity index is 696. The highest BCUT2D eigenvalue weighted by atomic mass is 16.4. The minimum atomic E-state index is 0.276. The zero-order valence-corrected chi connectivity index (χ0v) is 17.4. The number of fused-ring (bicyclic) bond motifs is 5. The topological polar surface area (TPSA) is 65.2 Å². The molecule has 0 saturated heterocycles. The first-order valence-electron chi connectivity index (χ1n) is 11.0. The first-order valence-corrected chi connectivity index (χ1v) is 11.0. The van der Waals surface area contributed by atoms with Crippen LogP contribution in [0.25, 0.3) is 0 Å². The molecule has 0 heterocycles. The second-order valence-electron chi connectivity index (χ2n) is 10.3. The molecular formula is C23H36N2O2. The van der Waals surface area contributed by atoms with Crippen molar-refractivity contribution in [3.05, 3.63) is 11.6 Å². The second-order valence-corrected chi connectivity index (χ2v) is 10.3. The standard InChI is InChI=1S/C23H36N2O2/c1-5-15-12-20-18-7-6-16-13-17(25-27)8-10-22(16,3)19(18)9-11-23(20,4)21(15)14(2)24-26/h13,15,18-21,26-27H,5-12H2,1-4H3/b24-14+,25-17-/t15-,18+,19-,20+,21+,22+,23+/m1/s1. The lowest BCUT2D eigenvalue weighted by Crippen LogP contribution is -2.51. The molecule has 0 aliphatic heterocycles. The van der Waals surface area contributed by atoms with Crippen molar-refractivity contribution >= 4 is 11.4 Å². The van der Waals surface area contributed by atoms with Crippen LogP contribution >= 0.6 is 0 Å². The maximum Gasteiger partial charge on any atom is 0.0795 e. The molecule has 4 rings (SSSR count). The van der Waals surface area contributed by atoms with Gasteiger partial charge in [-0.1, -0.05) is 43.1 Å². The van der Waals surface area contributed by atoms with E-state index in [9.17, 15) is 10.4 Å². The molecule has 0 unspecified atom stereocenters. The van der Waals surface area contributed by atoms with Gasteiger partial charge in [-0.3, -0.25) is 0 Å². The molecule has 0 aromatic carbocycles. The molecule has 3 fully saturated rings. The maximum atomic E-state index is 9.54.